The average molecular weight is 346 g/mol. The van der Waals surface area contributed by atoms with Crippen molar-refractivity contribution in [1.82, 2.24) is 5.32 Å². The van der Waals surface area contributed by atoms with Gasteiger partial charge in [-0.15, -0.1) is 0 Å². The lowest BCUT2D eigenvalue weighted by Gasteiger charge is -2.23. The summed E-state index contributed by atoms with van der Waals surface area (Å²) in [7, 11) is 0. The van der Waals surface area contributed by atoms with Crippen molar-refractivity contribution in [1.29, 1.82) is 0 Å². The van der Waals surface area contributed by atoms with Gasteiger partial charge >= 0.3 is 0 Å². The van der Waals surface area contributed by atoms with Crippen molar-refractivity contribution in [3.05, 3.63) is 68.2 Å². The van der Waals surface area contributed by atoms with Gasteiger partial charge in [-0.3, -0.25) is 0 Å². The van der Waals surface area contributed by atoms with E-state index < -0.39 is 0 Å². The molecule has 0 heterocycles. The molecule has 1 unspecified atom stereocenters. The topological polar surface area (TPSA) is 12.0 Å². The SMILES string of the molecule is CCNC(c1cc(C)cc(C)c1)c1cc(C)c(Br)cc1C. The first-order valence-corrected chi connectivity index (χ1v) is 8.30. The van der Waals surface area contributed by atoms with Crippen LogP contribution < -0.4 is 5.32 Å². The van der Waals surface area contributed by atoms with Crippen LogP contribution in [0.5, 0.6) is 0 Å². The summed E-state index contributed by atoms with van der Waals surface area (Å²) in [5, 5.41) is 3.64. The Kier molecular flexibility index (Phi) is 5.23. The van der Waals surface area contributed by atoms with E-state index in [0.29, 0.717) is 0 Å². The van der Waals surface area contributed by atoms with Crippen LogP contribution in [0.25, 0.3) is 0 Å². The highest BCUT2D eigenvalue weighted by Gasteiger charge is 2.17. The summed E-state index contributed by atoms with van der Waals surface area (Å²) in [6.07, 6.45) is 0. The highest BCUT2D eigenvalue weighted by atomic mass is 79.9. The molecule has 0 bridgehead atoms. The fourth-order valence-electron chi connectivity index (χ4n) is 2.90. The zero-order chi connectivity index (χ0) is 15.6. The number of rotatable bonds is 4. The molecule has 1 nitrogen and oxygen atoms in total. The molecule has 0 amide bonds. The normalized spacial score (nSPS) is 12.5. The lowest BCUT2D eigenvalue weighted by Crippen LogP contribution is -2.23. The fraction of sp³-hybridized carbons (Fsp3) is 0.368. The maximum atomic E-state index is 3.64. The molecule has 0 aromatic heterocycles. The van der Waals surface area contributed by atoms with Crippen molar-refractivity contribution in [2.24, 2.45) is 0 Å². The largest absolute Gasteiger partial charge is 0.307 e. The average Bonchev–Trinajstić information content (AvgIpc) is 2.39. The monoisotopic (exact) mass is 345 g/mol. The molecule has 1 atom stereocenters. The third-order valence-corrected chi connectivity index (χ3v) is 4.70. The second kappa shape index (κ2) is 6.76. The molecule has 0 aliphatic carbocycles. The van der Waals surface area contributed by atoms with Gasteiger partial charge in [-0.1, -0.05) is 58.2 Å². The van der Waals surface area contributed by atoms with Gasteiger partial charge in [-0.05, 0) is 62.6 Å². The van der Waals surface area contributed by atoms with E-state index in [-0.39, 0.29) is 6.04 Å². The lowest BCUT2D eigenvalue weighted by molar-refractivity contribution is 0.626. The van der Waals surface area contributed by atoms with E-state index in [0.717, 1.165) is 6.54 Å². The van der Waals surface area contributed by atoms with E-state index in [4.69, 9.17) is 0 Å². The van der Waals surface area contributed by atoms with Gasteiger partial charge in [-0.2, -0.15) is 0 Å². The van der Waals surface area contributed by atoms with E-state index in [9.17, 15) is 0 Å². The van der Waals surface area contributed by atoms with Crippen LogP contribution in [0.3, 0.4) is 0 Å². The minimum Gasteiger partial charge on any atom is -0.307 e. The van der Waals surface area contributed by atoms with Crippen molar-refractivity contribution in [3.8, 4) is 0 Å². The van der Waals surface area contributed by atoms with Crippen LogP contribution >= 0.6 is 15.9 Å². The summed E-state index contributed by atoms with van der Waals surface area (Å²) in [6, 6.07) is 11.6. The molecule has 0 aliphatic heterocycles. The first kappa shape index (κ1) is 16.3. The fourth-order valence-corrected chi connectivity index (χ4v) is 3.36. The summed E-state index contributed by atoms with van der Waals surface area (Å²) in [5.41, 5.74) is 7.95. The molecule has 2 aromatic rings. The van der Waals surface area contributed by atoms with Gasteiger partial charge in [0.05, 0.1) is 6.04 Å². The molecule has 1 N–H and O–H groups in total. The quantitative estimate of drug-likeness (QED) is 0.783. The maximum Gasteiger partial charge on any atom is 0.0579 e. The molecular formula is C19H24BrN. The second-order valence-corrected chi connectivity index (χ2v) is 6.72. The highest BCUT2D eigenvalue weighted by Crippen LogP contribution is 2.30. The van der Waals surface area contributed by atoms with Crippen molar-refractivity contribution in [2.75, 3.05) is 6.54 Å². The number of hydrogen-bond acceptors (Lipinski definition) is 1. The molecule has 0 radical (unpaired) electrons. The number of halogens is 1. The van der Waals surface area contributed by atoms with Crippen LogP contribution in [0.15, 0.2) is 34.8 Å². The predicted octanol–water partition coefficient (Wildman–Crippen LogP) is 5.38. The summed E-state index contributed by atoms with van der Waals surface area (Å²) in [6.45, 7) is 11.8. The molecule has 2 aromatic carbocycles. The van der Waals surface area contributed by atoms with Gasteiger partial charge in [0.1, 0.15) is 0 Å². The van der Waals surface area contributed by atoms with Crippen LogP contribution in [0, 0.1) is 27.7 Å². The summed E-state index contributed by atoms with van der Waals surface area (Å²) in [5.74, 6) is 0. The maximum absolute atomic E-state index is 3.64. The first-order valence-electron chi connectivity index (χ1n) is 7.50. The third-order valence-electron chi connectivity index (χ3n) is 3.84. The molecule has 2 heteroatoms. The van der Waals surface area contributed by atoms with E-state index in [1.165, 1.54) is 37.9 Å². The molecule has 0 spiro atoms. The van der Waals surface area contributed by atoms with Crippen molar-refractivity contribution in [3.63, 3.8) is 0 Å². The second-order valence-electron chi connectivity index (χ2n) is 5.87. The molecule has 0 aliphatic rings. The van der Waals surface area contributed by atoms with Gasteiger partial charge in [0.2, 0.25) is 0 Å². The van der Waals surface area contributed by atoms with Crippen molar-refractivity contribution < 1.29 is 0 Å². The summed E-state index contributed by atoms with van der Waals surface area (Å²) in [4.78, 5) is 0. The van der Waals surface area contributed by atoms with Gasteiger partial charge < -0.3 is 5.32 Å². The van der Waals surface area contributed by atoms with Crippen LogP contribution in [0.4, 0.5) is 0 Å². The van der Waals surface area contributed by atoms with E-state index in [2.05, 4.69) is 86.2 Å². The zero-order valence-corrected chi connectivity index (χ0v) is 15.1. The van der Waals surface area contributed by atoms with Gasteiger partial charge in [0.15, 0.2) is 0 Å². The lowest BCUT2D eigenvalue weighted by atomic mass is 9.91. The Labute approximate surface area is 136 Å². The third kappa shape index (κ3) is 3.75. The number of hydrogen-bond donors (Lipinski definition) is 1. The van der Waals surface area contributed by atoms with Crippen LogP contribution in [0.1, 0.15) is 46.3 Å². The predicted molar refractivity (Wildman–Crippen MR) is 95.1 cm³/mol. The van der Waals surface area contributed by atoms with Crippen molar-refractivity contribution >= 4 is 15.9 Å². The Balaban J connectivity index is 2.55. The number of nitrogens with one attached hydrogen (secondary N) is 1. The first-order chi connectivity index (χ1) is 9.92. The molecule has 112 valence electrons. The Morgan fingerprint density at radius 2 is 1.52 bits per heavy atom. The summed E-state index contributed by atoms with van der Waals surface area (Å²) < 4.78 is 1.18. The molecule has 21 heavy (non-hydrogen) atoms. The Bertz CT molecular complexity index is 626. The van der Waals surface area contributed by atoms with Gasteiger partial charge in [-0.25, -0.2) is 0 Å². The number of benzene rings is 2. The van der Waals surface area contributed by atoms with Gasteiger partial charge in [0.25, 0.3) is 0 Å². The molecule has 0 saturated heterocycles. The number of aryl methyl sites for hydroxylation is 4. The van der Waals surface area contributed by atoms with E-state index in [1.54, 1.807) is 0 Å². The minimum atomic E-state index is 0.250. The minimum absolute atomic E-state index is 0.250. The Morgan fingerprint density at radius 1 is 0.905 bits per heavy atom. The Hall–Kier alpha value is -1.12. The standard InChI is InChI=1S/C19H24BrN/c1-6-21-19(16-8-12(2)7-13(3)9-16)17-10-15(5)18(20)11-14(17)4/h7-11,19,21H,6H2,1-5H3. The molecular weight excluding hydrogens is 322 g/mol. The van der Waals surface area contributed by atoms with Crippen LogP contribution in [-0.4, -0.2) is 6.54 Å². The highest BCUT2D eigenvalue weighted by molar-refractivity contribution is 9.10. The van der Waals surface area contributed by atoms with Gasteiger partial charge in [0, 0.05) is 4.47 Å². The molecule has 2 rings (SSSR count). The van der Waals surface area contributed by atoms with Crippen LogP contribution in [0.2, 0.25) is 0 Å². The Morgan fingerprint density at radius 3 is 2.10 bits per heavy atom. The van der Waals surface area contributed by atoms with E-state index >= 15 is 0 Å². The van der Waals surface area contributed by atoms with E-state index in [1.807, 2.05) is 0 Å². The van der Waals surface area contributed by atoms with Crippen LogP contribution in [-0.2, 0) is 0 Å². The van der Waals surface area contributed by atoms with Crippen molar-refractivity contribution in [2.45, 2.75) is 40.7 Å². The summed E-state index contributed by atoms with van der Waals surface area (Å²) >= 11 is 3.63. The zero-order valence-electron chi connectivity index (χ0n) is 13.5. The molecule has 0 saturated carbocycles. The smallest absolute Gasteiger partial charge is 0.0579 e. The molecule has 0 fully saturated rings.